The number of anilines is 1. The SMILES string of the molecule is CN(CCCCC(C)(C)C#N)c1ccc(F)cc1. The van der Waals surface area contributed by atoms with Crippen LogP contribution in [0.3, 0.4) is 0 Å². The van der Waals surface area contributed by atoms with Crippen molar-refractivity contribution in [3.8, 4) is 6.07 Å². The lowest BCUT2D eigenvalue weighted by Gasteiger charge is -2.20. The molecule has 0 spiro atoms. The van der Waals surface area contributed by atoms with Crippen molar-refractivity contribution < 1.29 is 4.39 Å². The molecule has 2 nitrogen and oxygen atoms in total. The van der Waals surface area contributed by atoms with Crippen molar-refractivity contribution in [2.45, 2.75) is 33.1 Å². The van der Waals surface area contributed by atoms with Crippen molar-refractivity contribution in [3.05, 3.63) is 30.1 Å². The fraction of sp³-hybridized carbons (Fsp3) is 0.533. The van der Waals surface area contributed by atoms with E-state index in [1.807, 2.05) is 20.9 Å². The second-order valence-electron chi connectivity index (χ2n) is 5.35. The molecule has 18 heavy (non-hydrogen) atoms. The van der Waals surface area contributed by atoms with Gasteiger partial charge in [0.1, 0.15) is 5.82 Å². The van der Waals surface area contributed by atoms with E-state index in [2.05, 4.69) is 11.0 Å². The molecule has 0 heterocycles. The first kappa shape index (κ1) is 14.5. The van der Waals surface area contributed by atoms with Crippen molar-refractivity contribution in [2.24, 2.45) is 5.41 Å². The molecule has 0 N–H and O–H groups in total. The number of nitrogens with zero attached hydrogens (tertiary/aromatic N) is 2. The minimum atomic E-state index is -0.228. The summed E-state index contributed by atoms with van der Waals surface area (Å²) in [5.41, 5.74) is 0.796. The zero-order valence-corrected chi connectivity index (χ0v) is 11.4. The van der Waals surface area contributed by atoms with Gasteiger partial charge in [0.25, 0.3) is 0 Å². The van der Waals surface area contributed by atoms with E-state index in [4.69, 9.17) is 5.26 Å². The van der Waals surface area contributed by atoms with Gasteiger partial charge in [0, 0.05) is 19.3 Å². The molecule has 0 aliphatic heterocycles. The largest absolute Gasteiger partial charge is 0.375 e. The summed E-state index contributed by atoms with van der Waals surface area (Å²) in [6, 6.07) is 8.84. The number of halogens is 1. The first-order chi connectivity index (χ1) is 8.44. The van der Waals surface area contributed by atoms with Gasteiger partial charge in [0.15, 0.2) is 0 Å². The Morgan fingerprint density at radius 2 is 1.83 bits per heavy atom. The lowest BCUT2D eigenvalue weighted by atomic mass is 9.89. The maximum Gasteiger partial charge on any atom is 0.123 e. The summed E-state index contributed by atoms with van der Waals surface area (Å²) in [5.74, 6) is -0.206. The van der Waals surface area contributed by atoms with Crippen LogP contribution in [0, 0.1) is 22.6 Å². The molecule has 0 saturated carbocycles. The van der Waals surface area contributed by atoms with Crippen LogP contribution < -0.4 is 4.90 Å². The number of hydrogen-bond acceptors (Lipinski definition) is 2. The van der Waals surface area contributed by atoms with E-state index in [-0.39, 0.29) is 11.2 Å². The normalized spacial score (nSPS) is 11.1. The van der Waals surface area contributed by atoms with E-state index >= 15 is 0 Å². The predicted molar refractivity (Wildman–Crippen MR) is 72.9 cm³/mol. The fourth-order valence-corrected chi connectivity index (χ4v) is 1.80. The molecule has 1 aromatic carbocycles. The number of rotatable bonds is 6. The van der Waals surface area contributed by atoms with E-state index < -0.39 is 0 Å². The van der Waals surface area contributed by atoms with Crippen molar-refractivity contribution in [1.82, 2.24) is 0 Å². The molecular formula is C15H21FN2. The van der Waals surface area contributed by atoms with Crippen LogP contribution in [0.5, 0.6) is 0 Å². The summed E-state index contributed by atoms with van der Waals surface area (Å²) < 4.78 is 12.8. The molecule has 0 aromatic heterocycles. The lowest BCUT2D eigenvalue weighted by Crippen LogP contribution is -2.19. The van der Waals surface area contributed by atoms with Crippen LogP contribution >= 0.6 is 0 Å². The first-order valence-electron chi connectivity index (χ1n) is 6.32. The van der Waals surface area contributed by atoms with Gasteiger partial charge in [-0.05, 0) is 51.0 Å². The van der Waals surface area contributed by atoms with Gasteiger partial charge in [-0.1, -0.05) is 6.42 Å². The van der Waals surface area contributed by atoms with Crippen molar-refractivity contribution in [1.29, 1.82) is 5.26 Å². The van der Waals surface area contributed by atoms with Gasteiger partial charge in [0.2, 0.25) is 0 Å². The summed E-state index contributed by atoms with van der Waals surface area (Å²) in [6.45, 7) is 4.86. The van der Waals surface area contributed by atoms with Crippen molar-refractivity contribution in [2.75, 3.05) is 18.5 Å². The average Bonchev–Trinajstić information content (AvgIpc) is 2.35. The summed E-state index contributed by atoms with van der Waals surface area (Å²) in [7, 11) is 2.00. The van der Waals surface area contributed by atoms with E-state index in [9.17, 15) is 4.39 Å². The molecule has 0 amide bonds. The van der Waals surface area contributed by atoms with Gasteiger partial charge >= 0.3 is 0 Å². The topological polar surface area (TPSA) is 27.0 Å². The van der Waals surface area contributed by atoms with Gasteiger partial charge in [-0.2, -0.15) is 5.26 Å². The van der Waals surface area contributed by atoms with Crippen LogP contribution in [-0.2, 0) is 0 Å². The number of nitriles is 1. The third kappa shape index (κ3) is 4.75. The Bertz CT molecular complexity index is 403. The van der Waals surface area contributed by atoms with Crippen LogP contribution in [0.1, 0.15) is 33.1 Å². The van der Waals surface area contributed by atoms with Crippen LogP contribution in [0.2, 0.25) is 0 Å². The zero-order valence-electron chi connectivity index (χ0n) is 11.4. The highest BCUT2D eigenvalue weighted by atomic mass is 19.1. The Morgan fingerprint density at radius 1 is 1.22 bits per heavy atom. The Kier molecular flexibility index (Phi) is 5.15. The summed E-state index contributed by atoms with van der Waals surface area (Å²) in [6.07, 6.45) is 2.99. The second kappa shape index (κ2) is 6.39. The molecule has 0 aliphatic rings. The molecule has 1 rings (SSSR count). The molecule has 0 atom stereocenters. The van der Waals surface area contributed by atoms with Crippen molar-refractivity contribution >= 4 is 5.69 Å². The fourth-order valence-electron chi connectivity index (χ4n) is 1.80. The molecule has 0 bridgehead atoms. The van der Waals surface area contributed by atoms with Crippen LogP contribution in [0.4, 0.5) is 10.1 Å². The number of hydrogen-bond donors (Lipinski definition) is 0. The number of benzene rings is 1. The molecule has 1 aromatic rings. The molecular weight excluding hydrogens is 227 g/mol. The minimum absolute atomic E-state index is 0.206. The maximum atomic E-state index is 12.8. The van der Waals surface area contributed by atoms with Crippen LogP contribution in [-0.4, -0.2) is 13.6 Å². The Morgan fingerprint density at radius 3 is 2.39 bits per heavy atom. The first-order valence-corrected chi connectivity index (χ1v) is 6.32. The maximum absolute atomic E-state index is 12.8. The average molecular weight is 248 g/mol. The predicted octanol–water partition coefficient (Wildman–Crippen LogP) is 3.98. The third-order valence-electron chi connectivity index (χ3n) is 3.12. The van der Waals surface area contributed by atoms with Gasteiger partial charge in [-0.15, -0.1) is 0 Å². The van der Waals surface area contributed by atoms with Crippen LogP contribution in [0.25, 0.3) is 0 Å². The van der Waals surface area contributed by atoms with Crippen LogP contribution in [0.15, 0.2) is 24.3 Å². The minimum Gasteiger partial charge on any atom is -0.375 e. The summed E-state index contributed by atoms with van der Waals surface area (Å²) >= 11 is 0. The summed E-state index contributed by atoms with van der Waals surface area (Å²) in [5, 5.41) is 8.91. The summed E-state index contributed by atoms with van der Waals surface area (Å²) in [4.78, 5) is 2.11. The van der Waals surface area contributed by atoms with E-state index in [1.165, 1.54) is 12.1 Å². The van der Waals surface area contributed by atoms with Crippen molar-refractivity contribution in [3.63, 3.8) is 0 Å². The highest BCUT2D eigenvalue weighted by Crippen LogP contribution is 2.22. The lowest BCUT2D eigenvalue weighted by molar-refractivity contribution is 0.427. The van der Waals surface area contributed by atoms with Gasteiger partial charge in [-0.25, -0.2) is 4.39 Å². The van der Waals surface area contributed by atoms with E-state index in [1.54, 1.807) is 12.1 Å². The quantitative estimate of drug-likeness (QED) is 0.712. The van der Waals surface area contributed by atoms with E-state index in [0.29, 0.717) is 0 Å². The highest BCUT2D eigenvalue weighted by Gasteiger charge is 2.15. The molecule has 0 fully saturated rings. The van der Waals surface area contributed by atoms with Gasteiger partial charge in [0.05, 0.1) is 11.5 Å². The molecule has 98 valence electrons. The monoisotopic (exact) mass is 248 g/mol. The second-order valence-corrected chi connectivity index (χ2v) is 5.35. The van der Waals surface area contributed by atoms with E-state index in [0.717, 1.165) is 31.5 Å². The molecule has 0 aliphatic carbocycles. The van der Waals surface area contributed by atoms with Gasteiger partial charge in [-0.3, -0.25) is 0 Å². The molecule has 3 heteroatoms. The molecule has 0 radical (unpaired) electrons. The standard InChI is InChI=1S/C15H21FN2/c1-15(2,12-17)10-4-5-11-18(3)14-8-6-13(16)7-9-14/h6-9H,4-5,10-11H2,1-3H3. The highest BCUT2D eigenvalue weighted by molar-refractivity contribution is 5.45. The third-order valence-corrected chi connectivity index (χ3v) is 3.12. The Labute approximate surface area is 109 Å². The molecule has 0 unspecified atom stereocenters. The molecule has 0 saturated heterocycles. The zero-order chi connectivity index (χ0) is 13.6. The Balaban J connectivity index is 2.32. The number of unbranched alkanes of at least 4 members (excludes halogenated alkanes) is 1. The van der Waals surface area contributed by atoms with Gasteiger partial charge < -0.3 is 4.90 Å². The Hall–Kier alpha value is -1.56. The smallest absolute Gasteiger partial charge is 0.123 e.